The van der Waals surface area contributed by atoms with E-state index in [0.29, 0.717) is 5.56 Å². The number of hydrogen-bond donors (Lipinski definition) is 0. The van der Waals surface area contributed by atoms with Crippen LogP contribution in [0.2, 0.25) is 0 Å². The lowest BCUT2D eigenvalue weighted by Crippen LogP contribution is -2.07. The molecule has 0 saturated carbocycles. The molecular weight excluding hydrogens is 286 g/mol. The van der Waals surface area contributed by atoms with Gasteiger partial charge in [-0.3, -0.25) is 0 Å². The number of rotatable bonds is 2. The Bertz CT molecular complexity index is 717. The van der Waals surface area contributed by atoms with Crippen molar-refractivity contribution in [1.29, 1.82) is 5.26 Å². The number of nitrogens with zero attached hydrogens (tertiary/aromatic N) is 1. The van der Waals surface area contributed by atoms with Crippen molar-refractivity contribution in [2.24, 2.45) is 0 Å². The fourth-order valence-corrected chi connectivity index (χ4v) is 1.69. The van der Waals surface area contributed by atoms with E-state index < -0.39 is 23.1 Å². The Morgan fingerprint density at radius 2 is 1.67 bits per heavy atom. The summed E-state index contributed by atoms with van der Waals surface area (Å²) in [5.74, 6) is -0.558. The highest BCUT2D eigenvalue weighted by atomic mass is 19.4. The van der Waals surface area contributed by atoms with Gasteiger partial charge in [0.15, 0.2) is 0 Å². The van der Waals surface area contributed by atoms with Gasteiger partial charge in [0.2, 0.25) is 0 Å². The Kier molecular flexibility index (Phi) is 3.85. The quantitative estimate of drug-likeness (QED) is 0.744. The fraction of sp³-hybridized carbons (Fsp3) is 0.133. The first kappa shape index (κ1) is 14.9. The van der Waals surface area contributed by atoms with E-state index in [0.717, 1.165) is 18.2 Å². The molecule has 2 nitrogen and oxygen atoms in total. The van der Waals surface area contributed by atoms with Crippen LogP contribution in [0.25, 0.3) is 0 Å². The maximum Gasteiger partial charge on any atom is 0.417 e. The number of ether oxygens (including phenoxy) is 1. The van der Waals surface area contributed by atoms with Crippen molar-refractivity contribution in [2.45, 2.75) is 13.1 Å². The average molecular weight is 295 g/mol. The van der Waals surface area contributed by atoms with Crippen LogP contribution in [-0.2, 0) is 6.18 Å². The second kappa shape index (κ2) is 5.44. The summed E-state index contributed by atoms with van der Waals surface area (Å²) < 4.78 is 57.0. The van der Waals surface area contributed by atoms with E-state index in [1.54, 1.807) is 6.92 Å². The van der Waals surface area contributed by atoms with Gasteiger partial charge in [0.1, 0.15) is 17.3 Å². The van der Waals surface area contributed by atoms with Crippen LogP contribution >= 0.6 is 0 Å². The Hall–Kier alpha value is -2.55. The molecule has 0 atom stereocenters. The van der Waals surface area contributed by atoms with Gasteiger partial charge in [-0.1, -0.05) is 6.07 Å². The summed E-state index contributed by atoms with van der Waals surface area (Å²) in [5, 5.41) is 8.69. The second-order valence-corrected chi connectivity index (χ2v) is 4.33. The summed E-state index contributed by atoms with van der Waals surface area (Å²) >= 11 is 0. The highest BCUT2D eigenvalue weighted by Crippen LogP contribution is 2.35. The fourth-order valence-electron chi connectivity index (χ4n) is 1.69. The SMILES string of the molecule is Cc1ccc(Oc2ccc(C#N)c(C(F)(F)F)c2)cc1F. The van der Waals surface area contributed by atoms with E-state index in [4.69, 9.17) is 10.00 Å². The first-order valence-corrected chi connectivity index (χ1v) is 5.86. The molecule has 21 heavy (non-hydrogen) atoms. The van der Waals surface area contributed by atoms with Crippen LogP contribution in [0.15, 0.2) is 36.4 Å². The molecule has 2 rings (SSSR count). The number of hydrogen-bond acceptors (Lipinski definition) is 2. The molecule has 2 aromatic rings. The van der Waals surface area contributed by atoms with E-state index >= 15 is 0 Å². The molecule has 0 spiro atoms. The molecule has 0 aliphatic rings. The highest BCUT2D eigenvalue weighted by Gasteiger charge is 2.34. The molecule has 2 aromatic carbocycles. The minimum absolute atomic E-state index is 0.0796. The topological polar surface area (TPSA) is 33.0 Å². The largest absolute Gasteiger partial charge is 0.457 e. The van der Waals surface area contributed by atoms with Crippen molar-refractivity contribution >= 4 is 0 Å². The van der Waals surface area contributed by atoms with Gasteiger partial charge >= 0.3 is 6.18 Å². The van der Waals surface area contributed by atoms with Crippen molar-refractivity contribution in [2.75, 3.05) is 0 Å². The summed E-state index contributed by atoms with van der Waals surface area (Å²) in [4.78, 5) is 0. The maximum atomic E-state index is 13.4. The molecule has 108 valence electrons. The maximum absolute atomic E-state index is 13.4. The normalized spacial score (nSPS) is 11.0. The van der Waals surface area contributed by atoms with Crippen molar-refractivity contribution in [3.05, 3.63) is 58.9 Å². The zero-order valence-electron chi connectivity index (χ0n) is 10.8. The third-order valence-electron chi connectivity index (χ3n) is 2.80. The van der Waals surface area contributed by atoms with Gasteiger partial charge in [0.05, 0.1) is 17.2 Å². The van der Waals surface area contributed by atoms with Crippen LogP contribution in [0.4, 0.5) is 17.6 Å². The molecule has 0 heterocycles. The molecule has 0 aromatic heterocycles. The van der Waals surface area contributed by atoms with E-state index in [1.165, 1.54) is 24.3 Å². The number of alkyl halides is 3. The van der Waals surface area contributed by atoms with Gasteiger partial charge in [0.25, 0.3) is 0 Å². The van der Waals surface area contributed by atoms with E-state index in [1.807, 2.05) is 0 Å². The molecule has 0 bridgehead atoms. The summed E-state index contributed by atoms with van der Waals surface area (Å²) in [6, 6.07) is 8.43. The predicted octanol–water partition coefficient (Wildman–Crippen LogP) is 4.82. The summed E-state index contributed by atoms with van der Waals surface area (Å²) in [6.07, 6.45) is -4.66. The van der Waals surface area contributed by atoms with Gasteiger partial charge in [-0.2, -0.15) is 18.4 Å². The van der Waals surface area contributed by atoms with Gasteiger partial charge in [0, 0.05) is 6.07 Å². The average Bonchev–Trinajstić information content (AvgIpc) is 2.42. The first-order valence-electron chi connectivity index (χ1n) is 5.86. The van der Waals surface area contributed by atoms with Crippen LogP contribution in [0.3, 0.4) is 0 Å². The molecule has 0 unspecified atom stereocenters. The first-order chi connectivity index (χ1) is 9.81. The Morgan fingerprint density at radius 1 is 1.05 bits per heavy atom. The molecule has 0 saturated heterocycles. The van der Waals surface area contributed by atoms with Gasteiger partial charge in [-0.15, -0.1) is 0 Å². The molecule has 0 N–H and O–H groups in total. The van der Waals surface area contributed by atoms with E-state index in [9.17, 15) is 17.6 Å². The summed E-state index contributed by atoms with van der Waals surface area (Å²) in [5.41, 5.74) is -1.18. The van der Waals surface area contributed by atoms with E-state index in [-0.39, 0.29) is 11.5 Å². The van der Waals surface area contributed by atoms with Gasteiger partial charge in [-0.05, 0) is 36.8 Å². The third kappa shape index (κ3) is 3.31. The number of aryl methyl sites for hydroxylation is 1. The molecule has 0 radical (unpaired) electrons. The Balaban J connectivity index is 2.37. The minimum atomic E-state index is -4.66. The van der Waals surface area contributed by atoms with Crippen LogP contribution in [0, 0.1) is 24.1 Å². The monoisotopic (exact) mass is 295 g/mol. The van der Waals surface area contributed by atoms with Crippen LogP contribution in [0.1, 0.15) is 16.7 Å². The highest BCUT2D eigenvalue weighted by molar-refractivity contribution is 5.45. The van der Waals surface area contributed by atoms with Gasteiger partial charge in [-0.25, -0.2) is 4.39 Å². The predicted molar refractivity (Wildman–Crippen MR) is 67.4 cm³/mol. The molecule has 0 aliphatic heterocycles. The number of nitriles is 1. The van der Waals surface area contributed by atoms with Crippen molar-refractivity contribution < 1.29 is 22.3 Å². The lowest BCUT2D eigenvalue weighted by molar-refractivity contribution is -0.137. The number of halogens is 4. The zero-order chi connectivity index (χ0) is 15.6. The summed E-state index contributed by atoms with van der Waals surface area (Å²) in [6.45, 7) is 1.56. The minimum Gasteiger partial charge on any atom is -0.457 e. The molecule has 0 amide bonds. The zero-order valence-corrected chi connectivity index (χ0v) is 10.8. The summed E-state index contributed by atoms with van der Waals surface area (Å²) in [7, 11) is 0. The molecular formula is C15H9F4NO. The van der Waals surface area contributed by atoms with Crippen molar-refractivity contribution in [1.82, 2.24) is 0 Å². The molecule has 0 fully saturated rings. The third-order valence-corrected chi connectivity index (χ3v) is 2.80. The lowest BCUT2D eigenvalue weighted by atomic mass is 10.1. The van der Waals surface area contributed by atoms with Crippen LogP contribution in [0.5, 0.6) is 11.5 Å². The van der Waals surface area contributed by atoms with Gasteiger partial charge < -0.3 is 4.74 Å². The second-order valence-electron chi connectivity index (χ2n) is 4.33. The smallest absolute Gasteiger partial charge is 0.417 e. The van der Waals surface area contributed by atoms with Crippen LogP contribution < -0.4 is 4.74 Å². The lowest BCUT2D eigenvalue weighted by Gasteiger charge is -2.12. The van der Waals surface area contributed by atoms with Crippen molar-refractivity contribution in [3.8, 4) is 17.6 Å². The molecule has 0 aliphatic carbocycles. The van der Waals surface area contributed by atoms with E-state index in [2.05, 4.69) is 0 Å². The standard InChI is InChI=1S/C15H9F4NO/c1-9-2-4-12(7-14(9)16)21-11-5-3-10(8-20)13(6-11)15(17,18)19/h2-7H,1H3. The van der Waals surface area contributed by atoms with Crippen LogP contribution in [-0.4, -0.2) is 0 Å². The molecule has 6 heteroatoms. The van der Waals surface area contributed by atoms with Crippen molar-refractivity contribution in [3.63, 3.8) is 0 Å². The Morgan fingerprint density at radius 3 is 2.24 bits per heavy atom. The Labute approximate surface area is 118 Å². The number of benzene rings is 2.